The Hall–Kier alpha value is -3.42. The second-order valence-corrected chi connectivity index (χ2v) is 9.83. The Morgan fingerprint density at radius 3 is 2.28 bits per heavy atom. The summed E-state index contributed by atoms with van der Waals surface area (Å²) < 4.78 is 31.3. The van der Waals surface area contributed by atoms with Gasteiger partial charge in [0.2, 0.25) is 0 Å². The molecule has 0 radical (unpaired) electrons. The summed E-state index contributed by atoms with van der Waals surface area (Å²) >= 11 is 0. The zero-order valence-electron chi connectivity index (χ0n) is 23.4. The number of nitrogens with zero attached hydrogens (tertiary/aromatic N) is 5. The molecule has 0 atom stereocenters. The molecule has 4 aromatic rings. The molecule has 2 N–H and O–H groups in total. The highest BCUT2D eigenvalue weighted by Crippen LogP contribution is 2.39. The fraction of sp³-hybridized carbons (Fsp3) is 0.379. The molecule has 2 aromatic heterocycles. The van der Waals surface area contributed by atoms with Crippen LogP contribution in [0.4, 0.5) is 5.82 Å². The normalized spacial score (nSPS) is 23.2. The number of benzene rings is 2. The number of rotatable bonds is 5. The third-order valence-corrected chi connectivity index (χ3v) is 7.67. The smallest absolute Gasteiger partial charge is 0.146 e. The topological polar surface area (TPSA) is 72.4 Å². The van der Waals surface area contributed by atoms with Gasteiger partial charge in [0.05, 0.1) is 5.39 Å². The maximum atomic E-state index is 7.67. The monoisotopic (exact) mass is 485 g/mol. The Bertz CT molecular complexity index is 1410. The summed E-state index contributed by atoms with van der Waals surface area (Å²) in [4.78, 5) is 13.1. The molecule has 0 spiro atoms. The number of nitrogen functional groups attached to an aromatic ring is 1. The lowest BCUT2D eigenvalue weighted by atomic mass is 9.89. The maximum absolute atomic E-state index is 7.67. The number of hydrogen-bond donors (Lipinski definition) is 1. The first-order valence-corrected chi connectivity index (χ1v) is 12.8. The van der Waals surface area contributed by atoms with Crippen LogP contribution in [0.25, 0.3) is 22.2 Å². The van der Waals surface area contributed by atoms with Crippen molar-refractivity contribution in [3.63, 3.8) is 0 Å². The van der Waals surface area contributed by atoms with Crippen molar-refractivity contribution in [1.29, 1.82) is 0 Å². The van der Waals surface area contributed by atoms with E-state index in [4.69, 9.17) is 14.6 Å². The first-order valence-electron chi connectivity index (χ1n) is 14.3. The van der Waals surface area contributed by atoms with E-state index in [0.717, 1.165) is 72.4 Å². The third kappa shape index (κ3) is 4.56. The Morgan fingerprint density at radius 1 is 0.861 bits per heavy atom. The fourth-order valence-electron chi connectivity index (χ4n) is 5.72. The van der Waals surface area contributed by atoms with Crippen LogP contribution < -0.4 is 10.5 Å². The number of piperazine rings is 1. The Balaban J connectivity index is 1.18. The number of para-hydroxylation sites is 1. The van der Waals surface area contributed by atoms with Crippen LogP contribution in [-0.2, 0) is 0 Å². The molecule has 3 heterocycles. The molecule has 1 saturated carbocycles. The minimum Gasteiger partial charge on any atom is -0.457 e. The van der Waals surface area contributed by atoms with Crippen LogP contribution >= 0.6 is 0 Å². The number of anilines is 1. The average Bonchev–Trinajstić information content (AvgIpc) is 3.35. The minimum absolute atomic E-state index is 0.330. The highest BCUT2D eigenvalue weighted by Gasteiger charge is 2.29. The zero-order chi connectivity index (χ0) is 27.0. The Labute approximate surface area is 216 Å². The van der Waals surface area contributed by atoms with Crippen LogP contribution in [-0.4, -0.2) is 63.5 Å². The van der Waals surface area contributed by atoms with Crippen LogP contribution in [0.3, 0.4) is 0 Å². The molecule has 0 amide bonds. The fourth-order valence-corrected chi connectivity index (χ4v) is 5.72. The van der Waals surface area contributed by atoms with Gasteiger partial charge in [-0.3, -0.25) is 4.90 Å². The predicted octanol–water partition coefficient (Wildman–Crippen LogP) is 5.20. The van der Waals surface area contributed by atoms with Gasteiger partial charge in [-0.05, 0) is 62.5 Å². The molecule has 2 aliphatic rings. The van der Waals surface area contributed by atoms with Gasteiger partial charge in [0.25, 0.3) is 0 Å². The summed E-state index contributed by atoms with van der Waals surface area (Å²) in [5, 5.41) is 0.886. The quantitative estimate of drug-likeness (QED) is 0.419. The average molecular weight is 486 g/mol. The van der Waals surface area contributed by atoms with Gasteiger partial charge in [0.15, 0.2) is 0 Å². The van der Waals surface area contributed by atoms with E-state index in [9.17, 15) is 0 Å². The standard InChI is InChI=1S/C29H34N6O/c1-33-15-17-34(18-16-33)22-9-11-23(12-10-22)35-19-26(27-28(30)31-20-32-29(27)35)21-7-13-25(14-8-21)36-24-5-3-2-4-6-24/h2-8,13-14,19-20,22-23H,9-12,15-18H2,1H3,(H2,30,31,32)/t22-,23-/i1D3. The van der Waals surface area contributed by atoms with E-state index < -0.39 is 6.98 Å². The summed E-state index contributed by atoms with van der Waals surface area (Å²) in [6.45, 7) is 0.854. The summed E-state index contributed by atoms with van der Waals surface area (Å²) in [7, 11) is 0. The third-order valence-electron chi connectivity index (χ3n) is 7.67. The molecule has 6 rings (SSSR count). The molecular weight excluding hydrogens is 448 g/mol. The van der Waals surface area contributed by atoms with Gasteiger partial charge in [0, 0.05) is 54.1 Å². The lowest BCUT2D eigenvalue weighted by Crippen LogP contribution is -2.49. The van der Waals surface area contributed by atoms with Gasteiger partial charge in [-0.15, -0.1) is 0 Å². The van der Waals surface area contributed by atoms with Crippen molar-refractivity contribution in [2.24, 2.45) is 0 Å². The largest absolute Gasteiger partial charge is 0.457 e. The maximum Gasteiger partial charge on any atom is 0.146 e. The van der Waals surface area contributed by atoms with Crippen molar-refractivity contribution in [1.82, 2.24) is 24.3 Å². The number of likely N-dealkylation sites (N-methyl/N-ethyl adjacent to an activating group) is 1. The van der Waals surface area contributed by atoms with Gasteiger partial charge in [-0.1, -0.05) is 30.3 Å². The second-order valence-electron chi connectivity index (χ2n) is 9.83. The number of fused-ring (bicyclic) bond motifs is 1. The van der Waals surface area contributed by atoms with E-state index >= 15 is 0 Å². The number of hydrogen-bond acceptors (Lipinski definition) is 6. The first-order chi connectivity index (χ1) is 18.9. The van der Waals surface area contributed by atoms with E-state index in [1.54, 1.807) is 11.2 Å². The van der Waals surface area contributed by atoms with Gasteiger partial charge < -0.3 is 19.9 Å². The van der Waals surface area contributed by atoms with Crippen LogP contribution in [0.5, 0.6) is 11.5 Å². The predicted molar refractivity (Wildman–Crippen MR) is 144 cm³/mol. The second kappa shape index (κ2) is 9.91. The summed E-state index contributed by atoms with van der Waals surface area (Å²) in [6, 6.07) is 18.6. The number of ether oxygens (including phenoxy) is 1. The number of nitrogens with two attached hydrogens (primary N) is 1. The number of aromatic nitrogens is 3. The summed E-state index contributed by atoms with van der Waals surface area (Å²) in [5.41, 5.74) is 9.33. The summed E-state index contributed by atoms with van der Waals surface area (Å²) in [6.07, 6.45) is 7.98. The molecule has 0 bridgehead atoms. The lowest BCUT2D eigenvalue weighted by Gasteiger charge is -2.41. The lowest BCUT2D eigenvalue weighted by molar-refractivity contribution is 0.0828. The van der Waals surface area contributed by atoms with E-state index in [1.165, 1.54) is 0 Å². The molecule has 7 heteroatoms. The van der Waals surface area contributed by atoms with Crippen LogP contribution in [0.15, 0.2) is 67.1 Å². The van der Waals surface area contributed by atoms with Crippen molar-refractivity contribution >= 4 is 16.9 Å². The molecule has 0 unspecified atom stereocenters. The van der Waals surface area contributed by atoms with E-state index in [2.05, 4.69) is 37.8 Å². The SMILES string of the molecule is [2H]C([2H])([2H])N1CCN([C@H]2CC[C@H](n3cc(-c4ccc(Oc5ccccc5)cc4)c4c(N)ncnc43)CC2)CC1. The molecule has 2 aromatic carbocycles. The molecule has 2 fully saturated rings. The highest BCUT2D eigenvalue weighted by molar-refractivity contribution is 6.00. The van der Waals surface area contributed by atoms with E-state index in [1.807, 2.05) is 42.5 Å². The van der Waals surface area contributed by atoms with E-state index in [0.29, 0.717) is 31.0 Å². The zero-order valence-corrected chi connectivity index (χ0v) is 20.4. The van der Waals surface area contributed by atoms with Crippen molar-refractivity contribution in [3.05, 3.63) is 67.1 Å². The molecule has 186 valence electrons. The minimum atomic E-state index is -1.99. The molecule has 36 heavy (non-hydrogen) atoms. The van der Waals surface area contributed by atoms with Crippen molar-refractivity contribution in [3.8, 4) is 22.6 Å². The first kappa shape index (κ1) is 19.7. The molecule has 1 aliphatic heterocycles. The summed E-state index contributed by atoms with van der Waals surface area (Å²) in [5.74, 6) is 2.06. The highest BCUT2D eigenvalue weighted by atomic mass is 16.5. The van der Waals surface area contributed by atoms with Crippen molar-refractivity contribution < 1.29 is 8.85 Å². The molecule has 1 aliphatic carbocycles. The van der Waals surface area contributed by atoms with Gasteiger partial charge in [-0.2, -0.15) is 0 Å². The van der Waals surface area contributed by atoms with Crippen molar-refractivity contribution in [2.45, 2.75) is 37.8 Å². The molecular formula is C29H34N6O. The Morgan fingerprint density at radius 2 is 1.56 bits per heavy atom. The van der Waals surface area contributed by atoms with Gasteiger partial charge >= 0.3 is 0 Å². The van der Waals surface area contributed by atoms with Gasteiger partial charge in [0.1, 0.15) is 29.3 Å². The molecule has 7 nitrogen and oxygen atoms in total. The Kier molecular flexibility index (Phi) is 5.43. The van der Waals surface area contributed by atoms with Crippen LogP contribution in [0.2, 0.25) is 0 Å². The van der Waals surface area contributed by atoms with Crippen molar-refractivity contribution in [2.75, 3.05) is 38.9 Å². The van der Waals surface area contributed by atoms with Gasteiger partial charge in [-0.25, -0.2) is 9.97 Å². The molecule has 1 saturated heterocycles. The van der Waals surface area contributed by atoms with Crippen LogP contribution in [0, 0.1) is 0 Å². The van der Waals surface area contributed by atoms with E-state index in [-0.39, 0.29) is 0 Å². The van der Waals surface area contributed by atoms with Crippen LogP contribution in [0.1, 0.15) is 35.8 Å².